The summed E-state index contributed by atoms with van der Waals surface area (Å²) in [4.78, 5) is 32.8. The van der Waals surface area contributed by atoms with E-state index in [1.807, 2.05) is 13.8 Å². The van der Waals surface area contributed by atoms with Crippen molar-refractivity contribution in [2.24, 2.45) is 0 Å². The van der Waals surface area contributed by atoms with Crippen LogP contribution in [0.25, 0.3) is 0 Å². The molecule has 0 aliphatic rings. The smallest absolute Gasteiger partial charge is 0.465 e. The number of alkyl halides is 3. The second-order valence-corrected chi connectivity index (χ2v) is 7.29. The largest absolute Gasteiger partial charge is 0.573 e. The molecule has 0 aliphatic heterocycles. The highest BCUT2D eigenvalue weighted by Gasteiger charge is 2.31. The Morgan fingerprint density at radius 1 is 1.15 bits per heavy atom. The Hall–Kier alpha value is -3.77. The normalized spacial score (nSPS) is 11.1. The number of urea groups is 1. The topological polar surface area (TPSA) is 129 Å². The van der Waals surface area contributed by atoms with Crippen LogP contribution in [0.15, 0.2) is 30.3 Å². The number of carbonyl (C=O) groups is 2. The standard InChI is InChI=1S/C20H25F3N6O4/c1-12(2)15-11-16(24-9-4-10-29(3)19(31)32)27-17(26-15)28-18(30)25-13-5-7-14(8-6-13)33-20(21,22)23/h5-8,11-12H,4,9-10H2,1-3H3,(H,31,32)(H3,24,25,26,27,28,30). The van der Waals surface area contributed by atoms with Crippen molar-refractivity contribution in [3.05, 3.63) is 36.0 Å². The molecule has 0 unspecified atom stereocenters. The number of ether oxygens (including phenoxy) is 1. The number of nitrogens with zero attached hydrogens (tertiary/aromatic N) is 3. The molecule has 2 rings (SSSR count). The van der Waals surface area contributed by atoms with Crippen molar-refractivity contribution >= 4 is 29.6 Å². The van der Waals surface area contributed by atoms with Gasteiger partial charge in [0.1, 0.15) is 11.6 Å². The van der Waals surface area contributed by atoms with Crippen molar-refractivity contribution in [1.82, 2.24) is 14.9 Å². The minimum atomic E-state index is -4.80. The number of carboxylic acid groups (broad SMARTS) is 1. The van der Waals surface area contributed by atoms with Crippen molar-refractivity contribution in [3.63, 3.8) is 0 Å². The summed E-state index contributed by atoms with van der Waals surface area (Å²) in [5.74, 6) is 0.111. The molecule has 13 heteroatoms. The van der Waals surface area contributed by atoms with Crippen molar-refractivity contribution in [3.8, 4) is 5.75 Å². The summed E-state index contributed by atoms with van der Waals surface area (Å²) in [5, 5.41) is 16.9. The zero-order chi connectivity index (χ0) is 24.6. The molecule has 1 heterocycles. The van der Waals surface area contributed by atoms with Crippen molar-refractivity contribution in [1.29, 1.82) is 0 Å². The lowest BCUT2D eigenvalue weighted by molar-refractivity contribution is -0.274. The number of nitrogens with one attached hydrogen (secondary N) is 3. The van der Waals surface area contributed by atoms with Gasteiger partial charge < -0.3 is 25.4 Å². The van der Waals surface area contributed by atoms with Gasteiger partial charge in [0.2, 0.25) is 5.95 Å². The van der Waals surface area contributed by atoms with Gasteiger partial charge in [-0.3, -0.25) is 5.32 Å². The zero-order valence-corrected chi connectivity index (χ0v) is 18.2. The second-order valence-electron chi connectivity index (χ2n) is 7.29. The van der Waals surface area contributed by atoms with Crippen LogP contribution in [0.1, 0.15) is 31.9 Å². The average molecular weight is 470 g/mol. The lowest BCUT2D eigenvalue weighted by Gasteiger charge is -2.15. The van der Waals surface area contributed by atoms with Crippen LogP contribution in [-0.4, -0.2) is 58.6 Å². The van der Waals surface area contributed by atoms with Gasteiger partial charge in [0, 0.05) is 31.9 Å². The van der Waals surface area contributed by atoms with E-state index >= 15 is 0 Å². The van der Waals surface area contributed by atoms with Crippen LogP contribution >= 0.6 is 0 Å². The van der Waals surface area contributed by atoms with Crippen molar-refractivity contribution in [2.75, 3.05) is 36.1 Å². The summed E-state index contributed by atoms with van der Waals surface area (Å²) in [6.07, 6.45) is -5.27. The number of hydrogen-bond acceptors (Lipinski definition) is 6. The van der Waals surface area contributed by atoms with E-state index in [1.165, 1.54) is 24.1 Å². The van der Waals surface area contributed by atoms with E-state index in [2.05, 4.69) is 30.7 Å². The van der Waals surface area contributed by atoms with Crippen LogP contribution in [0.4, 0.5) is 40.2 Å². The minimum Gasteiger partial charge on any atom is -0.465 e. The predicted octanol–water partition coefficient (Wildman–Crippen LogP) is 4.55. The molecule has 0 fully saturated rings. The van der Waals surface area contributed by atoms with Crippen LogP contribution in [0, 0.1) is 0 Å². The Bertz CT molecular complexity index is 954. The second kappa shape index (κ2) is 11.2. The number of benzene rings is 1. The summed E-state index contributed by atoms with van der Waals surface area (Å²) in [6.45, 7) is 4.62. The van der Waals surface area contributed by atoms with E-state index in [4.69, 9.17) is 5.11 Å². The number of aromatic nitrogens is 2. The molecule has 0 radical (unpaired) electrons. The monoisotopic (exact) mass is 470 g/mol. The third-order valence-corrected chi connectivity index (χ3v) is 4.21. The molecular weight excluding hydrogens is 445 g/mol. The molecule has 2 aromatic rings. The lowest BCUT2D eigenvalue weighted by Crippen LogP contribution is -2.27. The predicted molar refractivity (Wildman–Crippen MR) is 116 cm³/mol. The first-order valence-electron chi connectivity index (χ1n) is 9.93. The first-order chi connectivity index (χ1) is 15.4. The number of rotatable bonds is 9. The molecule has 0 saturated heterocycles. The number of amides is 3. The minimum absolute atomic E-state index is 0.0286. The quantitative estimate of drug-likeness (QED) is 0.396. The number of halogens is 3. The Balaban J connectivity index is 1.99. The molecular formula is C20H25F3N6O4. The number of hydrogen-bond donors (Lipinski definition) is 4. The van der Waals surface area contributed by atoms with Gasteiger partial charge >= 0.3 is 18.5 Å². The summed E-state index contributed by atoms with van der Waals surface area (Å²) in [7, 11) is 1.47. The molecule has 3 amide bonds. The summed E-state index contributed by atoms with van der Waals surface area (Å²) >= 11 is 0. The van der Waals surface area contributed by atoms with Crippen LogP contribution in [0.5, 0.6) is 5.75 Å². The molecule has 0 aliphatic carbocycles. The molecule has 4 N–H and O–H groups in total. The highest BCUT2D eigenvalue weighted by molar-refractivity contribution is 5.98. The fourth-order valence-corrected chi connectivity index (χ4v) is 2.54. The zero-order valence-electron chi connectivity index (χ0n) is 18.2. The average Bonchev–Trinajstić information content (AvgIpc) is 2.71. The summed E-state index contributed by atoms with van der Waals surface area (Å²) < 4.78 is 40.5. The van der Waals surface area contributed by atoms with Crippen molar-refractivity contribution in [2.45, 2.75) is 32.5 Å². The molecule has 0 saturated carbocycles. The van der Waals surface area contributed by atoms with E-state index in [0.717, 1.165) is 12.1 Å². The van der Waals surface area contributed by atoms with Crippen LogP contribution in [-0.2, 0) is 0 Å². The SMILES string of the molecule is CC(C)c1cc(NCCCN(C)C(=O)O)nc(NC(=O)Nc2ccc(OC(F)(F)F)cc2)n1. The molecule has 33 heavy (non-hydrogen) atoms. The van der Waals surface area contributed by atoms with E-state index in [0.29, 0.717) is 31.0 Å². The maximum Gasteiger partial charge on any atom is 0.573 e. The Morgan fingerprint density at radius 2 is 1.82 bits per heavy atom. The molecule has 1 aromatic heterocycles. The first-order valence-corrected chi connectivity index (χ1v) is 9.93. The van der Waals surface area contributed by atoms with Gasteiger partial charge in [0.15, 0.2) is 0 Å². The molecule has 0 atom stereocenters. The molecule has 0 spiro atoms. The van der Waals surface area contributed by atoms with E-state index < -0.39 is 24.2 Å². The van der Waals surface area contributed by atoms with Crippen molar-refractivity contribution < 1.29 is 32.6 Å². The van der Waals surface area contributed by atoms with E-state index in [9.17, 15) is 22.8 Å². The van der Waals surface area contributed by atoms with Gasteiger partial charge in [-0.25, -0.2) is 14.6 Å². The Labute approximate surface area is 188 Å². The maximum absolute atomic E-state index is 12.3. The first kappa shape index (κ1) is 25.5. The van der Waals surface area contributed by atoms with E-state index in [-0.39, 0.29) is 17.6 Å². The van der Waals surface area contributed by atoms with Gasteiger partial charge in [0.25, 0.3) is 0 Å². The van der Waals surface area contributed by atoms with E-state index in [1.54, 1.807) is 6.07 Å². The Morgan fingerprint density at radius 3 is 2.39 bits per heavy atom. The lowest BCUT2D eigenvalue weighted by atomic mass is 10.1. The number of anilines is 3. The fourth-order valence-electron chi connectivity index (χ4n) is 2.54. The van der Waals surface area contributed by atoms with Crippen LogP contribution in [0.2, 0.25) is 0 Å². The molecule has 10 nitrogen and oxygen atoms in total. The Kier molecular flexibility index (Phi) is 8.65. The summed E-state index contributed by atoms with van der Waals surface area (Å²) in [6, 6.07) is 5.70. The van der Waals surface area contributed by atoms with Gasteiger partial charge in [-0.05, 0) is 36.6 Å². The van der Waals surface area contributed by atoms with Gasteiger partial charge in [-0.1, -0.05) is 13.8 Å². The van der Waals surface area contributed by atoms with Gasteiger partial charge in [-0.2, -0.15) is 4.98 Å². The third-order valence-electron chi connectivity index (χ3n) is 4.21. The molecule has 1 aromatic carbocycles. The highest BCUT2D eigenvalue weighted by atomic mass is 19.4. The highest BCUT2D eigenvalue weighted by Crippen LogP contribution is 2.24. The van der Waals surface area contributed by atoms with Gasteiger partial charge in [-0.15, -0.1) is 13.2 Å². The molecule has 180 valence electrons. The number of carbonyl (C=O) groups excluding carboxylic acids is 1. The third kappa shape index (κ3) is 9.09. The maximum atomic E-state index is 12.3. The fraction of sp³-hybridized carbons (Fsp3) is 0.400. The summed E-state index contributed by atoms with van der Waals surface area (Å²) in [5.41, 5.74) is 0.905. The molecule has 0 bridgehead atoms. The van der Waals surface area contributed by atoms with Crippen LogP contribution < -0.4 is 20.7 Å². The van der Waals surface area contributed by atoms with Crippen LogP contribution in [0.3, 0.4) is 0 Å². The van der Waals surface area contributed by atoms with Gasteiger partial charge in [0.05, 0.1) is 5.69 Å².